The number of hydrogen-bond donors (Lipinski definition) is 0. The highest BCUT2D eigenvalue weighted by atomic mass is 14.2. The van der Waals surface area contributed by atoms with E-state index in [-0.39, 0.29) is 0 Å². The first kappa shape index (κ1) is 10.1. The Labute approximate surface area is 92.3 Å². The topological polar surface area (TPSA) is 0 Å². The van der Waals surface area contributed by atoms with Gasteiger partial charge in [0.25, 0.3) is 0 Å². The Bertz CT molecular complexity index is 357. The Morgan fingerprint density at radius 2 is 2.40 bits per heavy atom. The molecule has 1 aliphatic rings. The lowest BCUT2D eigenvalue weighted by Crippen LogP contribution is -2.02. The van der Waals surface area contributed by atoms with Crippen molar-refractivity contribution in [2.75, 3.05) is 0 Å². The Morgan fingerprint density at radius 3 is 3.00 bits per heavy atom. The molecule has 0 nitrogen and oxygen atoms in total. The average Bonchev–Trinajstić information content (AvgIpc) is 2.33. The van der Waals surface area contributed by atoms with Crippen molar-refractivity contribution in [2.24, 2.45) is 0 Å². The first-order valence-electron chi connectivity index (χ1n) is 5.65. The maximum atomic E-state index is 3.23. The molecule has 0 amide bonds. The summed E-state index contributed by atoms with van der Waals surface area (Å²) < 4.78 is 0. The monoisotopic (exact) mass is 196 g/mol. The molecule has 2 rings (SSSR count). The fourth-order valence-electron chi connectivity index (χ4n) is 2.16. The highest BCUT2D eigenvalue weighted by molar-refractivity contribution is 5.30. The van der Waals surface area contributed by atoms with Crippen LogP contribution in [0.5, 0.6) is 0 Å². The van der Waals surface area contributed by atoms with Crippen LogP contribution in [0.4, 0.5) is 0 Å². The maximum absolute atomic E-state index is 3.23. The summed E-state index contributed by atoms with van der Waals surface area (Å²) in [6.45, 7) is 2.24. The zero-order chi connectivity index (χ0) is 10.5. The molecule has 15 heavy (non-hydrogen) atoms. The molecule has 1 aromatic rings. The molecule has 0 heteroatoms. The molecule has 76 valence electrons. The van der Waals surface area contributed by atoms with Gasteiger partial charge in [-0.1, -0.05) is 48.9 Å². The van der Waals surface area contributed by atoms with Gasteiger partial charge in [-0.05, 0) is 31.4 Å². The summed E-state index contributed by atoms with van der Waals surface area (Å²) in [6.07, 6.45) is 10.2. The van der Waals surface area contributed by atoms with E-state index in [0.717, 1.165) is 6.42 Å². The second-order valence-corrected chi connectivity index (χ2v) is 3.92. The van der Waals surface area contributed by atoms with Gasteiger partial charge in [0, 0.05) is 11.5 Å². The van der Waals surface area contributed by atoms with Crippen LogP contribution < -0.4 is 0 Å². The summed E-state index contributed by atoms with van der Waals surface area (Å²) in [6, 6.07) is 12.4. The lowest BCUT2D eigenvalue weighted by atomic mass is 9.85. The van der Waals surface area contributed by atoms with E-state index in [1.807, 2.05) is 12.1 Å². The molecule has 0 bridgehead atoms. The molecule has 0 spiro atoms. The summed E-state index contributed by atoms with van der Waals surface area (Å²) >= 11 is 0. The standard InChI is InChI=1S/C15H16/c1-2-15(13-9-5-3-6-10-13)14-11-7-4-8-12-14/h3-5,7,9,11,15H,2,6,10H2,1H3. The van der Waals surface area contributed by atoms with Crippen molar-refractivity contribution in [1.29, 1.82) is 0 Å². The molecule has 1 aromatic carbocycles. The summed E-state index contributed by atoms with van der Waals surface area (Å²) in [5.74, 6) is 0.535. The largest absolute Gasteiger partial charge is 0.0842 e. The van der Waals surface area contributed by atoms with E-state index in [1.54, 1.807) is 0 Å². The highest BCUT2D eigenvalue weighted by Crippen LogP contribution is 2.31. The molecular formula is C15H16. The van der Waals surface area contributed by atoms with E-state index in [0.29, 0.717) is 5.92 Å². The van der Waals surface area contributed by atoms with Gasteiger partial charge in [-0.15, -0.1) is 0 Å². The minimum absolute atomic E-state index is 0.535. The normalized spacial score (nSPS) is 16.7. The zero-order valence-electron chi connectivity index (χ0n) is 9.16. The van der Waals surface area contributed by atoms with Crippen molar-refractivity contribution in [3.05, 3.63) is 59.7 Å². The van der Waals surface area contributed by atoms with Gasteiger partial charge in [-0.25, -0.2) is 0 Å². The Balaban J connectivity index is 2.24. The summed E-state index contributed by atoms with van der Waals surface area (Å²) in [5, 5.41) is 0. The van der Waals surface area contributed by atoms with E-state index in [1.165, 1.54) is 24.0 Å². The molecule has 0 saturated carbocycles. The molecular weight excluding hydrogens is 180 g/mol. The summed E-state index contributed by atoms with van der Waals surface area (Å²) in [7, 11) is 0. The molecule has 0 fully saturated rings. The van der Waals surface area contributed by atoms with Gasteiger partial charge in [0.05, 0.1) is 0 Å². The van der Waals surface area contributed by atoms with Crippen molar-refractivity contribution in [3.8, 4) is 0 Å². The first-order chi connectivity index (χ1) is 7.42. The number of rotatable bonds is 3. The van der Waals surface area contributed by atoms with Crippen LogP contribution in [0.25, 0.3) is 0 Å². The number of hydrogen-bond acceptors (Lipinski definition) is 0. The van der Waals surface area contributed by atoms with E-state index >= 15 is 0 Å². The van der Waals surface area contributed by atoms with Crippen LogP contribution in [-0.4, -0.2) is 0 Å². The van der Waals surface area contributed by atoms with Gasteiger partial charge in [0.15, 0.2) is 0 Å². The third kappa shape index (κ3) is 2.30. The summed E-state index contributed by atoms with van der Waals surface area (Å²) in [5.41, 5.74) is 2.82. The van der Waals surface area contributed by atoms with Crippen LogP contribution in [0.2, 0.25) is 0 Å². The molecule has 0 aliphatic heterocycles. The van der Waals surface area contributed by atoms with Crippen LogP contribution in [-0.2, 0) is 0 Å². The van der Waals surface area contributed by atoms with Crippen molar-refractivity contribution in [2.45, 2.75) is 32.1 Å². The minimum atomic E-state index is 0.535. The minimum Gasteiger partial charge on any atom is -0.0842 e. The Kier molecular flexibility index (Phi) is 3.25. The third-order valence-corrected chi connectivity index (χ3v) is 2.95. The average molecular weight is 196 g/mol. The van der Waals surface area contributed by atoms with Crippen molar-refractivity contribution in [3.63, 3.8) is 0 Å². The molecule has 1 unspecified atom stereocenters. The van der Waals surface area contributed by atoms with E-state index < -0.39 is 0 Å². The van der Waals surface area contributed by atoms with Crippen molar-refractivity contribution >= 4 is 0 Å². The predicted molar refractivity (Wildman–Crippen MR) is 63.6 cm³/mol. The van der Waals surface area contributed by atoms with Gasteiger partial charge < -0.3 is 0 Å². The van der Waals surface area contributed by atoms with Crippen molar-refractivity contribution < 1.29 is 0 Å². The lowest BCUT2D eigenvalue weighted by molar-refractivity contribution is 0.712. The first-order valence-corrected chi connectivity index (χ1v) is 5.65. The number of allylic oxidation sites excluding steroid dienone is 4. The van der Waals surface area contributed by atoms with E-state index in [4.69, 9.17) is 0 Å². The van der Waals surface area contributed by atoms with Crippen LogP contribution in [0.1, 0.15) is 37.7 Å². The second-order valence-electron chi connectivity index (χ2n) is 3.92. The molecule has 0 saturated heterocycles. The Morgan fingerprint density at radius 1 is 1.47 bits per heavy atom. The van der Waals surface area contributed by atoms with Gasteiger partial charge in [0.2, 0.25) is 0 Å². The molecule has 1 atom stereocenters. The van der Waals surface area contributed by atoms with Crippen LogP contribution >= 0.6 is 0 Å². The maximum Gasteiger partial charge on any atom is 0.0129 e. The van der Waals surface area contributed by atoms with Crippen LogP contribution in [0, 0.1) is 12.1 Å². The van der Waals surface area contributed by atoms with E-state index in [9.17, 15) is 0 Å². The quantitative estimate of drug-likeness (QED) is 0.684. The van der Waals surface area contributed by atoms with Gasteiger partial charge in [-0.3, -0.25) is 0 Å². The van der Waals surface area contributed by atoms with E-state index in [2.05, 4.69) is 43.4 Å². The smallest absolute Gasteiger partial charge is 0.0129 e. The zero-order valence-corrected chi connectivity index (χ0v) is 9.16. The SMILES string of the molecule is CCC(C1=CC=CCC1)c1c#cccc1. The van der Waals surface area contributed by atoms with Gasteiger partial charge >= 0.3 is 0 Å². The van der Waals surface area contributed by atoms with Gasteiger partial charge in [0.1, 0.15) is 0 Å². The van der Waals surface area contributed by atoms with Crippen LogP contribution in [0.15, 0.2) is 42.0 Å². The molecule has 0 N–H and O–H groups in total. The summed E-state index contributed by atoms with van der Waals surface area (Å²) in [4.78, 5) is 0. The highest BCUT2D eigenvalue weighted by Gasteiger charge is 2.14. The van der Waals surface area contributed by atoms with Crippen molar-refractivity contribution in [1.82, 2.24) is 0 Å². The third-order valence-electron chi connectivity index (χ3n) is 2.95. The second kappa shape index (κ2) is 4.84. The fraction of sp³-hybridized carbons (Fsp3) is 0.333. The predicted octanol–water partition coefficient (Wildman–Crippen LogP) is 4.06. The molecule has 0 radical (unpaired) electrons. The molecule has 0 heterocycles. The van der Waals surface area contributed by atoms with Crippen LogP contribution in [0.3, 0.4) is 0 Å². The Hall–Kier alpha value is -1.48. The fourth-order valence-corrected chi connectivity index (χ4v) is 2.16. The molecule has 0 aromatic heterocycles. The molecule has 1 aliphatic carbocycles. The van der Waals surface area contributed by atoms with Gasteiger partial charge in [-0.2, -0.15) is 0 Å². The lowest BCUT2D eigenvalue weighted by Gasteiger charge is -2.19.